The summed E-state index contributed by atoms with van der Waals surface area (Å²) < 4.78 is 10.5. The van der Waals surface area contributed by atoms with Gasteiger partial charge in [0.25, 0.3) is 0 Å². The number of nitrogens with zero attached hydrogens (tertiary/aromatic N) is 4. The van der Waals surface area contributed by atoms with Crippen molar-refractivity contribution in [2.75, 3.05) is 50.7 Å². The number of hydrogen-bond donors (Lipinski definition) is 2. The summed E-state index contributed by atoms with van der Waals surface area (Å²) in [5.41, 5.74) is 0. The van der Waals surface area contributed by atoms with Gasteiger partial charge < -0.3 is 25.0 Å². The number of carbonyl (C=O) groups excluding carboxylic acids is 1. The summed E-state index contributed by atoms with van der Waals surface area (Å²) in [4.78, 5) is 26.4. The van der Waals surface area contributed by atoms with Crippen molar-refractivity contribution in [2.24, 2.45) is 0 Å². The summed E-state index contributed by atoms with van der Waals surface area (Å²) in [7, 11) is 3.08. The maximum Gasteiger partial charge on any atom is 0.322 e. The first-order valence-corrected chi connectivity index (χ1v) is 6.79. The van der Waals surface area contributed by atoms with Crippen LogP contribution in [0, 0.1) is 0 Å². The number of likely N-dealkylation sites (N-methyl/N-ethyl adjacent to an activating group) is 1. The molecular formula is C12H20N6O3. The van der Waals surface area contributed by atoms with Crippen LogP contribution in [0.3, 0.4) is 0 Å². The summed E-state index contributed by atoms with van der Waals surface area (Å²) in [6.45, 7) is 3.95. The third-order valence-electron chi connectivity index (χ3n) is 3.05. The Kier molecular flexibility index (Phi) is 5.09. The standard InChI is InChI=1S/C12H20N6O3/c1-4-14-10-15-11(17-12(16-10)20-3)18-5-6-21-7-8(18)9(19)13-2/h8H,4-7H2,1-3H3,(H,13,19)(H,14,15,16,17). The number of amides is 1. The molecule has 1 aromatic heterocycles. The van der Waals surface area contributed by atoms with Gasteiger partial charge in [0, 0.05) is 20.1 Å². The van der Waals surface area contributed by atoms with E-state index in [0.717, 1.165) is 0 Å². The van der Waals surface area contributed by atoms with Crippen LogP contribution in [-0.2, 0) is 9.53 Å². The molecule has 9 heteroatoms. The molecule has 0 spiro atoms. The Balaban J connectivity index is 2.32. The normalized spacial score (nSPS) is 18.2. The Morgan fingerprint density at radius 1 is 1.48 bits per heavy atom. The lowest BCUT2D eigenvalue weighted by Gasteiger charge is -2.34. The Bertz CT molecular complexity index is 498. The molecule has 116 valence electrons. The molecule has 1 fully saturated rings. The Morgan fingerprint density at radius 2 is 2.29 bits per heavy atom. The van der Waals surface area contributed by atoms with Crippen LogP contribution >= 0.6 is 0 Å². The van der Waals surface area contributed by atoms with Crippen LogP contribution in [-0.4, -0.2) is 67.4 Å². The van der Waals surface area contributed by atoms with Gasteiger partial charge in [-0.15, -0.1) is 0 Å². The molecule has 1 atom stereocenters. The average Bonchev–Trinajstić information content (AvgIpc) is 2.54. The van der Waals surface area contributed by atoms with Gasteiger partial charge in [0.15, 0.2) is 0 Å². The third kappa shape index (κ3) is 3.48. The van der Waals surface area contributed by atoms with Crippen molar-refractivity contribution in [3.05, 3.63) is 0 Å². The topological polar surface area (TPSA) is 102 Å². The van der Waals surface area contributed by atoms with Gasteiger partial charge >= 0.3 is 6.01 Å². The molecule has 1 unspecified atom stereocenters. The maximum absolute atomic E-state index is 12.0. The quantitative estimate of drug-likeness (QED) is 0.733. The summed E-state index contributed by atoms with van der Waals surface area (Å²) >= 11 is 0. The number of anilines is 2. The monoisotopic (exact) mass is 296 g/mol. The van der Waals surface area contributed by atoms with E-state index in [2.05, 4.69) is 25.6 Å². The lowest BCUT2D eigenvalue weighted by molar-refractivity contribution is -0.124. The van der Waals surface area contributed by atoms with Gasteiger partial charge in [-0.1, -0.05) is 0 Å². The van der Waals surface area contributed by atoms with Gasteiger partial charge in [-0.3, -0.25) is 4.79 Å². The minimum absolute atomic E-state index is 0.140. The fourth-order valence-electron chi connectivity index (χ4n) is 2.03. The fraction of sp³-hybridized carbons (Fsp3) is 0.667. The van der Waals surface area contributed by atoms with Crippen LogP contribution < -0.4 is 20.3 Å². The second kappa shape index (κ2) is 7.02. The van der Waals surface area contributed by atoms with E-state index in [-0.39, 0.29) is 11.9 Å². The third-order valence-corrected chi connectivity index (χ3v) is 3.05. The van der Waals surface area contributed by atoms with E-state index in [4.69, 9.17) is 9.47 Å². The molecule has 1 aliphatic rings. The van der Waals surface area contributed by atoms with Gasteiger partial charge in [0.05, 0.1) is 20.3 Å². The minimum atomic E-state index is -0.467. The Hall–Kier alpha value is -2.16. The van der Waals surface area contributed by atoms with Crippen LogP contribution in [0.25, 0.3) is 0 Å². The van der Waals surface area contributed by atoms with Crippen molar-refractivity contribution in [3.8, 4) is 6.01 Å². The molecule has 2 N–H and O–H groups in total. The van der Waals surface area contributed by atoms with Crippen LogP contribution in [0.4, 0.5) is 11.9 Å². The number of rotatable bonds is 5. The fourth-order valence-corrected chi connectivity index (χ4v) is 2.03. The largest absolute Gasteiger partial charge is 0.467 e. The van der Waals surface area contributed by atoms with Gasteiger partial charge in [0.1, 0.15) is 6.04 Å². The number of hydrogen-bond acceptors (Lipinski definition) is 8. The summed E-state index contributed by atoms with van der Waals surface area (Å²) in [5.74, 6) is 0.676. The van der Waals surface area contributed by atoms with Crippen molar-refractivity contribution in [2.45, 2.75) is 13.0 Å². The molecule has 1 saturated heterocycles. The minimum Gasteiger partial charge on any atom is -0.467 e. The molecule has 0 aromatic carbocycles. The highest BCUT2D eigenvalue weighted by Crippen LogP contribution is 2.19. The van der Waals surface area contributed by atoms with E-state index in [1.807, 2.05) is 6.92 Å². The van der Waals surface area contributed by atoms with Crippen LogP contribution in [0.1, 0.15) is 6.92 Å². The van der Waals surface area contributed by atoms with Crippen molar-refractivity contribution in [1.82, 2.24) is 20.3 Å². The predicted octanol–water partition coefficient (Wildman–Crippen LogP) is -0.737. The number of methoxy groups -OCH3 is 1. The zero-order valence-electron chi connectivity index (χ0n) is 12.4. The van der Waals surface area contributed by atoms with Crippen LogP contribution in [0.2, 0.25) is 0 Å². The lowest BCUT2D eigenvalue weighted by Crippen LogP contribution is -2.54. The molecule has 1 aromatic rings. The SMILES string of the molecule is CCNc1nc(OC)nc(N2CCOCC2C(=O)NC)n1. The molecule has 0 aliphatic carbocycles. The highest BCUT2D eigenvalue weighted by Gasteiger charge is 2.31. The van der Waals surface area contributed by atoms with E-state index < -0.39 is 6.04 Å². The van der Waals surface area contributed by atoms with Crippen LogP contribution in [0.15, 0.2) is 0 Å². The van der Waals surface area contributed by atoms with E-state index in [0.29, 0.717) is 38.2 Å². The summed E-state index contributed by atoms with van der Waals surface area (Å²) in [6.07, 6.45) is 0. The van der Waals surface area contributed by atoms with Crippen LogP contribution in [0.5, 0.6) is 6.01 Å². The van der Waals surface area contributed by atoms with Crippen molar-refractivity contribution in [1.29, 1.82) is 0 Å². The molecular weight excluding hydrogens is 276 g/mol. The average molecular weight is 296 g/mol. The van der Waals surface area contributed by atoms with E-state index in [1.165, 1.54) is 7.11 Å². The molecule has 21 heavy (non-hydrogen) atoms. The lowest BCUT2D eigenvalue weighted by atomic mass is 10.2. The number of aromatic nitrogens is 3. The number of nitrogens with one attached hydrogen (secondary N) is 2. The molecule has 2 rings (SSSR count). The first kappa shape index (κ1) is 15.2. The molecule has 1 amide bonds. The highest BCUT2D eigenvalue weighted by molar-refractivity contribution is 5.84. The summed E-state index contributed by atoms with van der Waals surface area (Å²) in [6, 6.07) is -0.261. The molecule has 2 heterocycles. The van der Waals surface area contributed by atoms with Gasteiger partial charge in [-0.05, 0) is 6.92 Å². The molecule has 0 saturated carbocycles. The second-order valence-electron chi connectivity index (χ2n) is 4.37. The number of ether oxygens (including phenoxy) is 2. The van der Waals surface area contributed by atoms with Gasteiger partial charge in [-0.25, -0.2) is 0 Å². The van der Waals surface area contributed by atoms with Gasteiger partial charge in [-0.2, -0.15) is 15.0 Å². The zero-order valence-corrected chi connectivity index (χ0v) is 12.4. The van der Waals surface area contributed by atoms with Crippen molar-refractivity contribution >= 4 is 17.8 Å². The Labute approximate surface area is 123 Å². The van der Waals surface area contributed by atoms with E-state index in [9.17, 15) is 4.79 Å². The predicted molar refractivity (Wildman–Crippen MR) is 76.6 cm³/mol. The van der Waals surface area contributed by atoms with Gasteiger partial charge in [0.2, 0.25) is 17.8 Å². The van der Waals surface area contributed by atoms with E-state index >= 15 is 0 Å². The molecule has 1 aliphatic heterocycles. The Morgan fingerprint density at radius 3 is 2.95 bits per heavy atom. The number of carbonyl (C=O) groups is 1. The molecule has 0 radical (unpaired) electrons. The first-order valence-electron chi connectivity index (χ1n) is 6.79. The number of morpholine rings is 1. The highest BCUT2D eigenvalue weighted by atomic mass is 16.5. The maximum atomic E-state index is 12.0. The van der Waals surface area contributed by atoms with Crippen molar-refractivity contribution in [3.63, 3.8) is 0 Å². The van der Waals surface area contributed by atoms with Crippen molar-refractivity contribution < 1.29 is 14.3 Å². The molecule has 0 bridgehead atoms. The smallest absolute Gasteiger partial charge is 0.322 e. The molecule has 9 nitrogen and oxygen atoms in total. The second-order valence-corrected chi connectivity index (χ2v) is 4.37. The summed E-state index contributed by atoms with van der Waals surface area (Å²) in [5, 5.41) is 5.64. The van der Waals surface area contributed by atoms with E-state index in [1.54, 1.807) is 11.9 Å². The zero-order chi connectivity index (χ0) is 15.2. The first-order chi connectivity index (χ1) is 10.2.